The van der Waals surface area contributed by atoms with E-state index in [1.165, 1.54) is 44.2 Å². The highest BCUT2D eigenvalue weighted by atomic mass is 35.7. The molecule has 4 fully saturated rings. The fraction of sp³-hybridized carbons (Fsp3) is 0.800. The van der Waals surface area contributed by atoms with Crippen molar-refractivity contribution in [1.82, 2.24) is 0 Å². The Hall–Kier alpha value is -0.660. The normalized spacial score (nSPS) is 36.2. The van der Waals surface area contributed by atoms with Crippen molar-refractivity contribution in [2.24, 2.45) is 17.8 Å². The Balaban J connectivity index is 0.000000254. The van der Waals surface area contributed by atoms with Gasteiger partial charge in [-0.25, -0.2) is 23.2 Å². The van der Waals surface area contributed by atoms with Crippen LogP contribution in [-0.4, -0.2) is 0 Å². The summed E-state index contributed by atoms with van der Waals surface area (Å²) in [6.45, 7) is 4.28. The molecule has 22 heavy (non-hydrogen) atoms. The van der Waals surface area contributed by atoms with E-state index in [1.807, 2.05) is 0 Å². The number of halogens is 1. The molecule has 0 atom stereocenters. The first-order chi connectivity index (χ1) is 10.1. The zero-order valence-electron chi connectivity index (χ0n) is 12.9. The molecular weight excluding hydrogens is 310 g/mol. The molecule has 0 aliphatic heterocycles. The molecule has 4 aliphatic rings. The van der Waals surface area contributed by atoms with E-state index >= 15 is 0 Å². The van der Waals surface area contributed by atoms with Crippen molar-refractivity contribution < 1.29 is 38.1 Å². The van der Waals surface area contributed by atoms with Gasteiger partial charge in [0.15, 0.2) is 5.76 Å². The summed E-state index contributed by atoms with van der Waals surface area (Å²) in [6.07, 6.45) is 8.61. The van der Waals surface area contributed by atoms with Crippen molar-refractivity contribution in [3.05, 3.63) is 17.5 Å². The van der Waals surface area contributed by atoms with E-state index in [1.54, 1.807) is 0 Å². The second kappa shape index (κ2) is 5.46. The summed E-state index contributed by atoms with van der Waals surface area (Å²) in [4.78, 5) is 0. The average Bonchev–Trinajstić information content (AvgIpc) is 2.65. The van der Waals surface area contributed by atoms with Gasteiger partial charge in [0.25, 0.3) is 0 Å². The molecule has 1 aromatic rings. The first-order valence-electron chi connectivity index (χ1n) is 7.76. The lowest BCUT2D eigenvalue weighted by molar-refractivity contribution is -2.00. The average molecular weight is 332 g/mol. The zero-order chi connectivity index (χ0) is 16.1. The maximum absolute atomic E-state index is 8.49. The number of hydrogen-bond donors (Lipinski definition) is 0. The SMILES string of the molecule is Cc1cc(C)[n+](C23CC4CC(CC(C4)C2)C3)o1.[O-][Cl+3]([O-])([O-])[O-]. The molecule has 0 radical (unpaired) electrons. The lowest BCUT2D eigenvalue weighted by Gasteiger charge is -2.51. The maximum atomic E-state index is 8.49. The summed E-state index contributed by atoms with van der Waals surface area (Å²) in [7, 11) is -4.94. The molecule has 4 bridgehead atoms. The topological polar surface area (TPSA) is 109 Å². The van der Waals surface area contributed by atoms with Crippen LogP contribution in [0.2, 0.25) is 0 Å². The van der Waals surface area contributed by atoms with E-state index in [0.717, 1.165) is 23.5 Å². The monoisotopic (exact) mass is 331 g/mol. The Bertz CT molecular complexity index is 509. The van der Waals surface area contributed by atoms with Gasteiger partial charge in [-0.2, -0.15) is 0 Å². The van der Waals surface area contributed by atoms with Crippen LogP contribution in [0.4, 0.5) is 0 Å². The standard InChI is InChI=1S/C15H22NO.ClHO4/c1-10-3-11(2)17-16(10)15-7-12-4-13(8-15)6-14(5-12)9-15;2-1(3,4)5/h3,12-14H,4-9H2,1-2H3;(H,2,3,4,5)/q+1;/p-1. The maximum Gasteiger partial charge on any atom is 0.229 e. The Labute approximate surface area is 132 Å². The number of aromatic nitrogens is 1. The third-order valence-electron chi connectivity index (χ3n) is 5.40. The van der Waals surface area contributed by atoms with E-state index in [-0.39, 0.29) is 0 Å². The van der Waals surface area contributed by atoms with Crippen molar-refractivity contribution in [2.45, 2.75) is 57.9 Å². The molecule has 0 aromatic carbocycles. The molecule has 4 saturated carbocycles. The van der Waals surface area contributed by atoms with Gasteiger partial charge in [-0.05, 0) is 41.8 Å². The highest BCUT2D eigenvalue weighted by molar-refractivity contribution is 5.02. The number of aryl methyl sites for hydroxylation is 2. The molecular formula is C15H22ClNO5. The fourth-order valence-electron chi connectivity index (χ4n) is 5.38. The summed E-state index contributed by atoms with van der Waals surface area (Å²) < 4.78 is 42.3. The van der Waals surface area contributed by atoms with Crippen LogP contribution in [0.3, 0.4) is 0 Å². The van der Waals surface area contributed by atoms with Gasteiger partial charge in [0.1, 0.15) is 0 Å². The third-order valence-corrected chi connectivity index (χ3v) is 5.40. The number of nitrogens with zero attached hydrogens (tertiary/aromatic N) is 1. The second-order valence-corrected chi connectivity index (χ2v) is 8.06. The minimum Gasteiger partial charge on any atom is -0.241 e. The molecule has 0 spiro atoms. The summed E-state index contributed by atoms with van der Waals surface area (Å²) in [5.74, 6) is 4.02. The minimum atomic E-state index is -4.94. The van der Waals surface area contributed by atoms with Crippen LogP contribution < -0.4 is 23.4 Å². The summed E-state index contributed by atoms with van der Waals surface area (Å²) >= 11 is 0. The van der Waals surface area contributed by atoms with Crippen LogP contribution in [-0.2, 0) is 5.54 Å². The van der Waals surface area contributed by atoms with Crippen molar-refractivity contribution in [3.8, 4) is 0 Å². The molecule has 5 rings (SSSR count). The molecule has 0 unspecified atom stereocenters. The van der Waals surface area contributed by atoms with Crippen LogP contribution in [0.25, 0.3) is 0 Å². The van der Waals surface area contributed by atoms with Crippen LogP contribution in [0.15, 0.2) is 10.6 Å². The minimum absolute atomic E-state index is 0.354. The van der Waals surface area contributed by atoms with Gasteiger partial charge in [0.2, 0.25) is 11.2 Å². The van der Waals surface area contributed by atoms with Crippen LogP contribution in [0, 0.1) is 41.8 Å². The van der Waals surface area contributed by atoms with E-state index in [2.05, 4.69) is 24.7 Å². The van der Waals surface area contributed by atoms with Gasteiger partial charge < -0.3 is 0 Å². The first kappa shape index (κ1) is 16.2. The predicted molar refractivity (Wildman–Crippen MR) is 64.5 cm³/mol. The van der Waals surface area contributed by atoms with Gasteiger partial charge >= 0.3 is 0 Å². The molecule has 0 N–H and O–H groups in total. The van der Waals surface area contributed by atoms with Crippen molar-refractivity contribution in [2.75, 3.05) is 0 Å². The molecule has 1 aromatic heterocycles. The predicted octanol–water partition coefficient (Wildman–Crippen LogP) is -1.65. The number of rotatable bonds is 1. The Morgan fingerprint density at radius 1 is 1.00 bits per heavy atom. The van der Waals surface area contributed by atoms with Crippen molar-refractivity contribution in [1.29, 1.82) is 0 Å². The van der Waals surface area contributed by atoms with Crippen LogP contribution in [0.1, 0.15) is 50.0 Å². The smallest absolute Gasteiger partial charge is 0.229 e. The molecule has 4 aliphatic carbocycles. The second-order valence-electron chi connectivity index (χ2n) is 7.30. The third kappa shape index (κ3) is 3.31. The molecule has 124 valence electrons. The van der Waals surface area contributed by atoms with Gasteiger partial charge in [-0.1, -0.05) is 0 Å². The zero-order valence-corrected chi connectivity index (χ0v) is 13.7. The van der Waals surface area contributed by atoms with E-state index in [0.29, 0.717) is 5.54 Å². The van der Waals surface area contributed by atoms with Crippen molar-refractivity contribution >= 4 is 0 Å². The lowest BCUT2D eigenvalue weighted by atomic mass is 9.53. The highest BCUT2D eigenvalue weighted by Crippen LogP contribution is 2.57. The molecule has 1 heterocycles. The summed E-state index contributed by atoms with van der Waals surface area (Å²) in [6, 6.07) is 2.19. The molecule has 0 amide bonds. The van der Waals surface area contributed by atoms with E-state index < -0.39 is 10.2 Å². The van der Waals surface area contributed by atoms with Gasteiger partial charge in [-0.3, -0.25) is 0 Å². The van der Waals surface area contributed by atoms with Gasteiger partial charge in [0.05, 0.1) is 6.07 Å². The lowest BCUT2D eigenvalue weighted by Crippen LogP contribution is -2.68. The molecule has 0 saturated heterocycles. The van der Waals surface area contributed by atoms with E-state index in [4.69, 9.17) is 23.2 Å². The molecule has 7 heteroatoms. The highest BCUT2D eigenvalue weighted by Gasteiger charge is 2.59. The first-order valence-corrected chi connectivity index (χ1v) is 9.00. The summed E-state index contributed by atoms with van der Waals surface area (Å²) in [5, 5.41) is 0. The van der Waals surface area contributed by atoms with Crippen LogP contribution in [0.5, 0.6) is 0 Å². The Morgan fingerprint density at radius 2 is 1.41 bits per heavy atom. The van der Waals surface area contributed by atoms with Crippen LogP contribution >= 0.6 is 0 Å². The number of hydrogen-bond acceptors (Lipinski definition) is 5. The van der Waals surface area contributed by atoms with E-state index in [9.17, 15) is 0 Å². The van der Waals surface area contributed by atoms with Gasteiger partial charge in [0, 0.05) is 33.1 Å². The fourth-order valence-corrected chi connectivity index (χ4v) is 5.38. The van der Waals surface area contributed by atoms with Gasteiger partial charge in [-0.15, -0.1) is 10.2 Å². The quantitative estimate of drug-likeness (QED) is 0.573. The Kier molecular flexibility index (Phi) is 4.02. The Morgan fingerprint density at radius 3 is 1.73 bits per heavy atom. The largest absolute Gasteiger partial charge is 0.241 e. The summed E-state index contributed by atoms with van der Waals surface area (Å²) in [5.41, 5.74) is 1.68. The molecule has 6 nitrogen and oxygen atoms in total. The van der Waals surface area contributed by atoms with Crippen molar-refractivity contribution in [3.63, 3.8) is 0 Å².